The lowest BCUT2D eigenvalue weighted by molar-refractivity contribution is 0.0954. The number of aromatic nitrogens is 2. The monoisotopic (exact) mass is 302 g/mol. The molecule has 2 heterocycles. The Bertz CT molecular complexity index is 622. The van der Waals surface area contributed by atoms with E-state index in [0.717, 1.165) is 22.7 Å². The Kier molecular flexibility index (Phi) is 4.15. The highest BCUT2D eigenvalue weighted by atomic mass is 32.1. The molecule has 5 nitrogen and oxygen atoms in total. The molecular formula is C15H18N4OS. The molecule has 0 aromatic carbocycles. The Balaban J connectivity index is 1.58. The molecule has 0 spiro atoms. The lowest BCUT2D eigenvalue weighted by Crippen LogP contribution is -2.26. The van der Waals surface area contributed by atoms with Gasteiger partial charge in [0.05, 0.1) is 11.3 Å². The van der Waals surface area contributed by atoms with Crippen molar-refractivity contribution in [2.24, 2.45) is 0 Å². The summed E-state index contributed by atoms with van der Waals surface area (Å²) < 4.78 is 4.29. The zero-order valence-electron chi connectivity index (χ0n) is 11.9. The summed E-state index contributed by atoms with van der Waals surface area (Å²) in [5.74, 6) is -0.0479. The summed E-state index contributed by atoms with van der Waals surface area (Å²) in [7, 11) is 0. The van der Waals surface area contributed by atoms with Gasteiger partial charge < -0.3 is 10.6 Å². The largest absolute Gasteiger partial charge is 0.372 e. The van der Waals surface area contributed by atoms with Gasteiger partial charge in [0.15, 0.2) is 0 Å². The third-order valence-corrected chi connectivity index (χ3v) is 4.29. The van der Waals surface area contributed by atoms with Crippen molar-refractivity contribution in [2.75, 3.05) is 11.9 Å². The van der Waals surface area contributed by atoms with Crippen LogP contribution in [0.15, 0.2) is 24.5 Å². The van der Waals surface area contributed by atoms with Crippen LogP contribution in [0.5, 0.6) is 0 Å². The lowest BCUT2D eigenvalue weighted by Gasteiger charge is -2.07. The average molecular weight is 302 g/mol. The second-order valence-electron chi connectivity index (χ2n) is 5.26. The number of carbonyl (C=O) groups is 1. The molecule has 21 heavy (non-hydrogen) atoms. The van der Waals surface area contributed by atoms with Crippen molar-refractivity contribution in [3.05, 3.63) is 41.3 Å². The fraction of sp³-hybridized carbons (Fsp3) is 0.400. The fourth-order valence-electron chi connectivity index (χ4n) is 2.10. The molecule has 3 rings (SSSR count). The normalized spacial score (nSPS) is 14.0. The summed E-state index contributed by atoms with van der Waals surface area (Å²) in [6.07, 6.45) is 6.71. The first kappa shape index (κ1) is 14.0. The molecule has 1 aliphatic carbocycles. The number of rotatable bonds is 6. The van der Waals surface area contributed by atoms with Gasteiger partial charge in [0.1, 0.15) is 5.00 Å². The van der Waals surface area contributed by atoms with Crippen molar-refractivity contribution in [3.8, 4) is 0 Å². The maximum atomic E-state index is 12.3. The van der Waals surface area contributed by atoms with E-state index in [1.807, 2.05) is 25.3 Å². The molecule has 0 bridgehead atoms. The van der Waals surface area contributed by atoms with Gasteiger partial charge in [0.25, 0.3) is 5.91 Å². The molecule has 0 radical (unpaired) electrons. The predicted molar refractivity (Wildman–Crippen MR) is 83.8 cm³/mol. The number of aryl methyl sites for hydroxylation is 1. The molecule has 2 aromatic rings. The minimum absolute atomic E-state index is 0.0479. The van der Waals surface area contributed by atoms with E-state index in [1.165, 1.54) is 24.4 Å². The van der Waals surface area contributed by atoms with Crippen molar-refractivity contribution in [1.82, 2.24) is 14.7 Å². The smallest absolute Gasteiger partial charge is 0.256 e. The summed E-state index contributed by atoms with van der Waals surface area (Å²) in [6, 6.07) is 4.44. The summed E-state index contributed by atoms with van der Waals surface area (Å²) in [6.45, 7) is 2.48. The average Bonchev–Trinajstić information content (AvgIpc) is 3.22. The van der Waals surface area contributed by atoms with Crippen molar-refractivity contribution >= 4 is 22.4 Å². The molecular weight excluding hydrogens is 284 g/mol. The van der Waals surface area contributed by atoms with Crippen molar-refractivity contribution in [3.63, 3.8) is 0 Å². The van der Waals surface area contributed by atoms with E-state index in [1.54, 1.807) is 6.20 Å². The second-order valence-corrected chi connectivity index (χ2v) is 6.03. The molecule has 0 atom stereocenters. The van der Waals surface area contributed by atoms with Crippen LogP contribution in [-0.2, 0) is 6.42 Å². The molecule has 110 valence electrons. The van der Waals surface area contributed by atoms with Gasteiger partial charge in [-0.2, -0.15) is 4.37 Å². The summed E-state index contributed by atoms with van der Waals surface area (Å²) in [5.41, 5.74) is 2.61. The Morgan fingerprint density at radius 3 is 3.05 bits per heavy atom. The van der Waals surface area contributed by atoms with Crippen molar-refractivity contribution < 1.29 is 4.79 Å². The first-order chi connectivity index (χ1) is 10.2. The third-order valence-electron chi connectivity index (χ3n) is 3.42. The van der Waals surface area contributed by atoms with Crippen LogP contribution < -0.4 is 10.6 Å². The van der Waals surface area contributed by atoms with E-state index < -0.39 is 0 Å². The van der Waals surface area contributed by atoms with E-state index >= 15 is 0 Å². The number of nitrogens with one attached hydrogen (secondary N) is 2. The first-order valence-electron chi connectivity index (χ1n) is 7.14. The van der Waals surface area contributed by atoms with Gasteiger partial charge in [-0.05, 0) is 49.3 Å². The molecule has 6 heteroatoms. The van der Waals surface area contributed by atoms with Crippen LogP contribution in [0.3, 0.4) is 0 Å². The topological polar surface area (TPSA) is 66.9 Å². The number of anilines is 1. The molecule has 1 aliphatic rings. The van der Waals surface area contributed by atoms with Gasteiger partial charge in [-0.25, -0.2) is 0 Å². The van der Waals surface area contributed by atoms with Crippen LogP contribution in [0.1, 0.15) is 34.5 Å². The van der Waals surface area contributed by atoms with E-state index in [4.69, 9.17) is 0 Å². The zero-order valence-corrected chi connectivity index (χ0v) is 12.7. The van der Waals surface area contributed by atoms with Crippen LogP contribution in [0, 0.1) is 6.92 Å². The maximum Gasteiger partial charge on any atom is 0.256 e. The lowest BCUT2D eigenvalue weighted by atomic mass is 10.2. The molecule has 1 fully saturated rings. The third kappa shape index (κ3) is 3.58. The quantitative estimate of drug-likeness (QED) is 0.860. The van der Waals surface area contributed by atoms with Crippen LogP contribution >= 0.6 is 11.5 Å². The summed E-state index contributed by atoms with van der Waals surface area (Å²) in [4.78, 5) is 16.4. The standard InChI is InChI=1S/C15H18N4OS/c1-10-13(15(21-19-10)18-12-4-5-12)14(20)17-8-6-11-3-2-7-16-9-11/h2-3,7,9,12,18H,4-6,8H2,1H3,(H,17,20). The number of hydrogen-bond donors (Lipinski definition) is 2. The first-order valence-corrected chi connectivity index (χ1v) is 7.91. The number of hydrogen-bond acceptors (Lipinski definition) is 5. The second kappa shape index (κ2) is 6.22. The maximum absolute atomic E-state index is 12.3. The van der Waals surface area contributed by atoms with E-state index in [9.17, 15) is 4.79 Å². The minimum atomic E-state index is -0.0479. The molecule has 2 N–H and O–H groups in total. The number of amides is 1. The van der Waals surface area contributed by atoms with Gasteiger partial charge in [-0.15, -0.1) is 0 Å². The molecule has 1 amide bonds. The van der Waals surface area contributed by atoms with Crippen LogP contribution in [0.4, 0.5) is 5.00 Å². The van der Waals surface area contributed by atoms with Gasteiger partial charge in [0.2, 0.25) is 0 Å². The summed E-state index contributed by atoms with van der Waals surface area (Å²) >= 11 is 1.37. The highest BCUT2D eigenvalue weighted by Gasteiger charge is 2.25. The van der Waals surface area contributed by atoms with Crippen LogP contribution in [0.25, 0.3) is 0 Å². The van der Waals surface area contributed by atoms with Gasteiger partial charge in [0, 0.05) is 25.0 Å². The van der Waals surface area contributed by atoms with E-state index in [0.29, 0.717) is 18.2 Å². The number of carbonyl (C=O) groups excluding carboxylic acids is 1. The fourth-order valence-corrected chi connectivity index (χ4v) is 2.97. The van der Waals surface area contributed by atoms with Crippen molar-refractivity contribution in [2.45, 2.75) is 32.2 Å². The van der Waals surface area contributed by atoms with E-state index in [2.05, 4.69) is 20.0 Å². The highest BCUT2D eigenvalue weighted by molar-refractivity contribution is 7.10. The van der Waals surface area contributed by atoms with Crippen LogP contribution in [0.2, 0.25) is 0 Å². The van der Waals surface area contributed by atoms with Gasteiger partial charge >= 0.3 is 0 Å². The molecule has 2 aromatic heterocycles. The summed E-state index contributed by atoms with van der Waals surface area (Å²) in [5, 5.41) is 7.24. The van der Waals surface area contributed by atoms with Crippen molar-refractivity contribution in [1.29, 1.82) is 0 Å². The Hall–Kier alpha value is -1.95. The predicted octanol–water partition coefficient (Wildman–Crippen LogP) is 2.39. The minimum Gasteiger partial charge on any atom is -0.372 e. The Morgan fingerprint density at radius 1 is 1.48 bits per heavy atom. The molecule has 0 aliphatic heterocycles. The molecule has 1 saturated carbocycles. The van der Waals surface area contributed by atoms with Gasteiger partial charge in [-0.1, -0.05) is 6.07 Å². The Morgan fingerprint density at radius 2 is 2.33 bits per heavy atom. The SMILES string of the molecule is Cc1nsc(NC2CC2)c1C(=O)NCCc1cccnc1. The Labute approximate surface area is 128 Å². The molecule has 0 saturated heterocycles. The molecule has 0 unspecified atom stereocenters. The highest BCUT2D eigenvalue weighted by Crippen LogP contribution is 2.31. The number of nitrogens with zero attached hydrogens (tertiary/aromatic N) is 2. The van der Waals surface area contributed by atoms with E-state index in [-0.39, 0.29) is 5.91 Å². The van der Waals surface area contributed by atoms with Gasteiger partial charge in [-0.3, -0.25) is 9.78 Å². The number of pyridine rings is 1. The van der Waals surface area contributed by atoms with Crippen LogP contribution in [-0.4, -0.2) is 27.9 Å². The zero-order chi connectivity index (χ0) is 14.7.